The Labute approximate surface area is 97.8 Å². The molecule has 0 aromatic carbocycles. The van der Waals surface area contributed by atoms with Crippen molar-refractivity contribution in [3.8, 4) is 0 Å². The molecule has 0 N–H and O–H groups in total. The molecule has 0 radical (unpaired) electrons. The van der Waals surface area contributed by atoms with Crippen molar-refractivity contribution in [2.24, 2.45) is 29.6 Å². The molecule has 0 aromatic heterocycles. The fourth-order valence-corrected chi connectivity index (χ4v) is 3.92. The smallest absolute Gasteiger partial charge is 0.323 e. The molecule has 88 valence electrons. The third-order valence-electron chi connectivity index (χ3n) is 4.56. The molecular formula is C12H12N2O3. The third kappa shape index (κ3) is 1.29. The van der Waals surface area contributed by atoms with Gasteiger partial charge in [0.15, 0.2) is 0 Å². The number of carbonyl (C=O) groups is 3. The zero-order chi connectivity index (χ0) is 12.2. The van der Waals surface area contributed by atoms with E-state index in [1.165, 1.54) is 0 Å². The summed E-state index contributed by atoms with van der Waals surface area (Å²) in [5.74, 6) is -1.36. The Bertz CT molecular complexity index is 450. The van der Waals surface area contributed by atoms with Crippen LogP contribution in [-0.2, 0) is 14.4 Å². The van der Waals surface area contributed by atoms with Crippen molar-refractivity contribution in [3.05, 3.63) is 5.53 Å². The predicted molar refractivity (Wildman–Crippen MR) is 56.0 cm³/mol. The van der Waals surface area contributed by atoms with Gasteiger partial charge in [-0.2, -0.15) is 4.79 Å². The highest BCUT2D eigenvalue weighted by Crippen LogP contribution is 2.53. The monoisotopic (exact) mass is 232 g/mol. The van der Waals surface area contributed by atoms with Gasteiger partial charge in [-0.05, 0) is 19.3 Å². The quantitative estimate of drug-likeness (QED) is 0.389. The third-order valence-corrected chi connectivity index (χ3v) is 4.56. The molecule has 0 aliphatic heterocycles. The Morgan fingerprint density at radius 2 is 1.65 bits per heavy atom. The van der Waals surface area contributed by atoms with Gasteiger partial charge in [-0.15, -0.1) is 0 Å². The molecular weight excluding hydrogens is 220 g/mol. The predicted octanol–water partition coefficient (Wildman–Crippen LogP) is 0.286. The second kappa shape index (κ2) is 3.44. The summed E-state index contributed by atoms with van der Waals surface area (Å²) in [6, 6.07) is 0. The minimum absolute atomic E-state index is 0.0171. The van der Waals surface area contributed by atoms with Crippen LogP contribution >= 0.6 is 0 Å². The van der Waals surface area contributed by atoms with Crippen LogP contribution in [0.2, 0.25) is 0 Å². The summed E-state index contributed by atoms with van der Waals surface area (Å²) in [4.78, 5) is 38.6. The van der Waals surface area contributed by atoms with E-state index in [1.807, 2.05) is 0 Å². The van der Waals surface area contributed by atoms with E-state index in [9.17, 15) is 14.4 Å². The first kappa shape index (κ1) is 10.5. The molecule has 4 aliphatic carbocycles. The Hall–Kier alpha value is -1.61. The topological polar surface area (TPSA) is 87.6 Å². The summed E-state index contributed by atoms with van der Waals surface area (Å²) in [5.41, 5.74) is 8.40. The van der Waals surface area contributed by atoms with E-state index in [0.29, 0.717) is 19.3 Å². The maximum Gasteiger partial charge on any atom is 0.323 e. The van der Waals surface area contributed by atoms with E-state index < -0.39 is 5.92 Å². The van der Waals surface area contributed by atoms with Crippen LogP contribution < -0.4 is 0 Å². The second-order valence-corrected chi connectivity index (χ2v) is 5.29. The molecule has 5 heteroatoms. The molecule has 0 heterocycles. The Morgan fingerprint density at radius 3 is 2.12 bits per heavy atom. The summed E-state index contributed by atoms with van der Waals surface area (Å²) in [6.07, 6.45) is 2.54. The molecule has 4 rings (SSSR count). The average molecular weight is 232 g/mol. The zero-order valence-electron chi connectivity index (χ0n) is 9.20. The van der Waals surface area contributed by atoms with Crippen LogP contribution in [0.5, 0.6) is 0 Å². The molecule has 4 fully saturated rings. The molecule has 4 unspecified atom stereocenters. The van der Waals surface area contributed by atoms with E-state index >= 15 is 0 Å². The highest BCUT2D eigenvalue weighted by atomic mass is 16.1. The zero-order valence-corrected chi connectivity index (χ0v) is 9.20. The molecule has 5 nitrogen and oxygen atoms in total. The lowest BCUT2D eigenvalue weighted by molar-refractivity contribution is -0.161. The van der Waals surface area contributed by atoms with Crippen LogP contribution in [0.4, 0.5) is 0 Å². The molecule has 0 aromatic rings. The maximum absolute atomic E-state index is 12.0. The number of nitrogens with zero attached hydrogens (tertiary/aromatic N) is 2. The van der Waals surface area contributed by atoms with Gasteiger partial charge in [-0.25, -0.2) is 0 Å². The summed E-state index contributed by atoms with van der Waals surface area (Å²) >= 11 is 0. The lowest BCUT2D eigenvalue weighted by Crippen LogP contribution is -2.58. The molecule has 4 aliphatic rings. The van der Waals surface area contributed by atoms with Gasteiger partial charge in [0.1, 0.15) is 11.6 Å². The van der Waals surface area contributed by atoms with Gasteiger partial charge in [-0.1, -0.05) is 0 Å². The van der Waals surface area contributed by atoms with Gasteiger partial charge in [0.25, 0.3) is 0 Å². The van der Waals surface area contributed by atoms with Crippen molar-refractivity contribution in [2.75, 3.05) is 0 Å². The second-order valence-electron chi connectivity index (χ2n) is 5.29. The standard InChI is InChI=1S/C12H12N2O3/c13-14-4-9(15)10-7-2-5-1-6(12(7)17)3-8(10)11(5)16/h4-8,10H,1-3H2. The number of rotatable bonds is 2. The average Bonchev–Trinajstić information content (AvgIpc) is 2.27. The SMILES string of the molecule is [N-]=[N+]=CC(=O)C1C2CC3CC(CC1C3=O)C2=O. The number of carbonyl (C=O) groups excluding carboxylic acids is 3. The Balaban J connectivity index is 2.00. The summed E-state index contributed by atoms with van der Waals surface area (Å²) in [5, 5.41) is 0. The first-order valence-corrected chi connectivity index (χ1v) is 5.92. The highest BCUT2D eigenvalue weighted by Gasteiger charge is 2.59. The van der Waals surface area contributed by atoms with Gasteiger partial charge in [0.05, 0.1) is 0 Å². The van der Waals surface area contributed by atoms with E-state index in [2.05, 4.69) is 4.79 Å². The van der Waals surface area contributed by atoms with Crippen LogP contribution in [0.25, 0.3) is 5.53 Å². The summed E-state index contributed by atoms with van der Waals surface area (Å²) in [6.45, 7) is 0. The van der Waals surface area contributed by atoms with Crippen molar-refractivity contribution in [3.63, 3.8) is 0 Å². The van der Waals surface area contributed by atoms with Crippen LogP contribution in [-0.4, -0.2) is 28.4 Å². The number of hydrogen-bond donors (Lipinski definition) is 0. The van der Waals surface area contributed by atoms with E-state index in [-0.39, 0.29) is 41.0 Å². The van der Waals surface area contributed by atoms with Gasteiger partial charge in [0.2, 0.25) is 5.78 Å². The van der Waals surface area contributed by atoms with E-state index in [0.717, 1.165) is 6.21 Å². The minimum atomic E-state index is -0.571. The molecule has 0 spiro atoms. The highest BCUT2D eigenvalue weighted by molar-refractivity contribution is 6.28. The number of hydrogen-bond acceptors (Lipinski definition) is 3. The molecule has 4 atom stereocenters. The van der Waals surface area contributed by atoms with Gasteiger partial charge in [-0.3, -0.25) is 14.4 Å². The lowest BCUT2D eigenvalue weighted by Gasteiger charge is -2.50. The Morgan fingerprint density at radius 1 is 1.12 bits per heavy atom. The molecule has 4 saturated carbocycles. The van der Waals surface area contributed by atoms with Crippen LogP contribution in [0.15, 0.2) is 0 Å². The molecule has 4 bridgehead atoms. The summed E-state index contributed by atoms with van der Waals surface area (Å²) < 4.78 is 0. The fourth-order valence-electron chi connectivity index (χ4n) is 3.92. The van der Waals surface area contributed by atoms with Crippen LogP contribution in [0, 0.1) is 29.6 Å². The molecule has 17 heavy (non-hydrogen) atoms. The van der Waals surface area contributed by atoms with Crippen molar-refractivity contribution in [2.45, 2.75) is 19.3 Å². The maximum atomic E-state index is 12.0. The van der Waals surface area contributed by atoms with Crippen molar-refractivity contribution in [1.82, 2.24) is 0 Å². The number of ketones is 3. The van der Waals surface area contributed by atoms with Crippen LogP contribution in [0.1, 0.15) is 19.3 Å². The minimum Gasteiger partial charge on any atom is -0.361 e. The lowest BCUT2D eigenvalue weighted by atomic mass is 9.50. The molecule has 0 saturated heterocycles. The first-order chi connectivity index (χ1) is 8.13. The summed E-state index contributed by atoms with van der Waals surface area (Å²) in [7, 11) is 0. The first-order valence-electron chi connectivity index (χ1n) is 5.92. The van der Waals surface area contributed by atoms with Crippen molar-refractivity contribution >= 4 is 23.6 Å². The van der Waals surface area contributed by atoms with Gasteiger partial charge < -0.3 is 5.53 Å². The van der Waals surface area contributed by atoms with Crippen LogP contribution in [0.3, 0.4) is 0 Å². The molecule has 0 amide bonds. The number of Topliss-reactive ketones (excluding diaryl/α,β-unsaturated/α-hetero) is 3. The van der Waals surface area contributed by atoms with E-state index in [1.54, 1.807) is 0 Å². The normalized spacial score (nSPS) is 42.5. The van der Waals surface area contributed by atoms with Crippen molar-refractivity contribution in [1.29, 1.82) is 0 Å². The van der Waals surface area contributed by atoms with E-state index in [4.69, 9.17) is 5.53 Å². The fraction of sp³-hybridized carbons (Fsp3) is 0.667. The largest absolute Gasteiger partial charge is 0.361 e. The van der Waals surface area contributed by atoms with Gasteiger partial charge in [0, 0.05) is 29.6 Å². The van der Waals surface area contributed by atoms with Crippen molar-refractivity contribution < 1.29 is 19.2 Å². The Kier molecular flexibility index (Phi) is 2.13. The van der Waals surface area contributed by atoms with Gasteiger partial charge >= 0.3 is 6.21 Å².